The Balaban J connectivity index is 2.19. The fraction of sp³-hybridized carbons (Fsp3) is 0.316. The van der Waals surface area contributed by atoms with Crippen LogP contribution < -0.4 is 4.90 Å². The zero-order chi connectivity index (χ0) is 17.7. The zero-order valence-corrected chi connectivity index (χ0v) is 16.1. The lowest BCUT2D eigenvalue weighted by Gasteiger charge is -2.22. The Kier molecular flexibility index (Phi) is 6.52. The number of benzene rings is 2. The normalized spacial score (nSPS) is 11.1. The van der Waals surface area contributed by atoms with Gasteiger partial charge in [0.05, 0.1) is 17.0 Å². The molecule has 0 saturated heterocycles. The molecule has 0 aromatic heterocycles. The average molecular weight is 364 g/mol. The first-order chi connectivity index (χ1) is 11.4. The summed E-state index contributed by atoms with van der Waals surface area (Å²) in [5.41, 5.74) is 4.22. The summed E-state index contributed by atoms with van der Waals surface area (Å²) in [7, 11) is 4.04. The molecule has 2 aromatic carbocycles. The maximum absolute atomic E-state index is 6.42. The van der Waals surface area contributed by atoms with Crippen molar-refractivity contribution in [2.45, 2.75) is 20.4 Å². The largest absolute Gasteiger partial charge is 0.370 e. The molecule has 0 heterocycles. The first-order valence-corrected chi connectivity index (χ1v) is 8.66. The molecule has 2 aromatic rings. The van der Waals surface area contributed by atoms with Crippen LogP contribution in [0.3, 0.4) is 0 Å². The van der Waals surface area contributed by atoms with Gasteiger partial charge in [-0.1, -0.05) is 35.3 Å². The van der Waals surface area contributed by atoms with E-state index in [2.05, 4.69) is 30.8 Å². The predicted molar refractivity (Wildman–Crippen MR) is 106 cm³/mol. The SMILES string of the molecule is CCN(C)C=Nc1cc(C)c(N(C)Cc2ccc(Cl)cc2)cc1Cl. The number of anilines is 1. The van der Waals surface area contributed by atoms with Crippen molar-refractivity contribution in [3.8, 4) is 0 Å². The van der Waals surface area contributed by atoms with Crippen molar-refractivity contribution < 1.29 is 0 Å². The van der Waals surface area contributed by atoms with Crippen LogP contribution in [0.15, 0.2) is 41.4 Å². The first kappa shape index (κ1) is 18.6. The van der Waals surface area contributed by atoms with Gasteiger partial charge in [0, 0.05) is 37.9 Å². The lowest BCUT2D eigenvalue weighted by molar-refractivity contribution is 0.552. The summed E-state index contributed by atoms with van der Waals surface area (Å²) in [6, 6.07) is 11.9. The van der Waals surface area contributed by atoms with E-state index in [1.807, 2.05) is 48.3 Å². The van der Waals surface area contributed by atoms with E-state index < -0.39 is 0 Å². The fourth-order valence-electron chi connectivity index (χ4n) is 2.36. The van der Waals surface area contributed by atoms with Crippen LogP contribution in [0.5, 0.6) is 0 Å². The first-order valence-electron chi connectivity index (χ1n) is 7.91. The second kappa shape index (κ2) is 8.41. The van der Waals surface area contributed by atoms with Crippen LogP contribution in [0.1, 0.15) is 18.1 Å². The number of hydrogen-bond donors (Lipinski definition) is 0. The molecule has 0 amide bonds. The lowest BCUT2D eigenvalue weighted by atomic mass is 10.1. The molecule has 3 nitrogen and oxygen atoms in total. The van der Waals surface area contributed by atoms with Gasteiger partial charge in [0.2, 0.25) is 0 Å². The third-order valence-corrected chi connectivity index (χ3v) is 4.46. The Bertz CT molecular complexity index is 711. The minimum absolute atomic E-state index is 0.652. The summed E-state index contributed by atoms with van der Waals surface area (Å²) in [6.45, 7) is 5.85. The van der Waals surface area contributed by atoms with Crippen molar-refractivity contribution >= 4 is 40.9 Å². The van der Waals surface area contributed by atoms with Gasteiger partial charge in [0.25, 0.3) is 0 Å². The van der Waals surface area contributed by atoms with Crippen LogP contribution in [0.2, 0.25) is 10.0 Å². The minimum Gasteiger partial charge on any atom is -0.370 e. The highest BCUT2D eigenvalue weighted by molar-refractivity contribution is 6.33. The van der Waals surface area contributed by atoms with E-state index in [0.717, 1.165) is 35.1 Å². The number of nitrogens with zero attached hydrogens (tertiary/aromatic N) is 3. The molecule has 0 aliphatic heterocycles. The van der Waals surface area contributed by atoms with Crippen LogP contribution in [0.25, 0.3) is 0 Å². The maximum atomic E-state index is 6.42. The minimum atomic E-state index is 0.652. The standard InChI is InChI=1S/C19H23Cl2N3/c1-5-23(3)13-22-18-10-14(2)19(11-17(18)21)24(4)12-15-6-8-16(20)9-7-15/h6-11,13H,5,12H2,1-4H3. The lowest BCUT2D eigenvalue weighted by Crippen LogP contribution is -2.17. The molecule has 0 saturated carbocycles. The van der Waals surface area contributed by atoms with E-state index in [9.17, 15) is 0 Å². The van der Waals surface area contributed by atoms with Crippen LogP contribution in [0.4, 0.5) is 11.4 Å². The summed E-state index contributed by atoms with van der Waals surface area (Å²) in [5.74, 6) is 0. The summed E-state index contributed by atoms with van der Waals surface area (Å²) in [4.78, 5) is 8.65. The Morgan fingerprint density at radius 3 is 2.38 bits per heavy atom. The molecule has 0 spiro atoms. The molecule has 24 heavy (non-hydrogen) atoms. The van der Waals surface area contributed by atoms with Crippen LogP contribution in [-0.4, -0.2) is 31.9 Å². The highest BCUT2D eigenvalue weighted by Crippen LogP contribution is 2.33. The molecule has 0 radical (unpaired) electrons. The van der Waals surface area contributed by atoms with Gasteiger partial charge in [-0.2, -0.15) is 0 Å². The molecule has 0 fully saturated rings. The molecule has 0 aliphatic carbocycles. The zero-order valence-electron chi connectivity index (χ0n) is 14.6. The second-order valence-corrected chi connectivity index (χ2v) is 6.73. The molecular weight excluding hydrogens is 341 g/mol. The second-order valence-electron chi connectivity index (χ2n) is 5.89. The van der Waals surface area contributed by atoms with E-state index in [0.29, 0.717) is 5.02 Å². The van der Waals surface area contributed by atoms with Gasteiger partial charge >= 0.3 is 0 Å². The molecule has 0 N–H and O–H groups in total. The fourth-order valence-corrected chi connectivity index (χ4v) is 2.69. The third-order valence-electron chi connectivity index (χ3n) is 3.90. The molecule has 128 valence electrons. The monoisotopic (exact) mass is 363 g/mol. The highest BCUT2D eigenvalue weighted by atomic mass is 35.5. The summed E-state index contributed by atoms with van der Waals surface area (Å²) >= 11 is 12.4. The van der Waals surface area contributed by atoms with Crippen LogP contribution >= 0.6 is 23.2 Å². The quantitative estimate of drug-likeness (QED) is 0.494. The third kappa shape index (κ3) is 4.89. The van der Waals surface area contributed by atoms with Crippen molar-refractivity contribution in [1.82, 2.24) is 4.90 Å². The van der Waals surface area contributed by atoms with Crippen LogP contribution in [0, 0.1) is 6.92 Å². The van der Waals surface area contributed by atoms with E-state index in [1.54, 1.807) is 6.34 Å². The smallest absolute Gasteiger partial charge is 0.0910 e. The number of aryl methyl sites for hydroxylation is 1. The molecule has 0 bridgehead atoms. The average Bonchev–Trinajstić information content (AvgIpc) is 2.56. The van der Waals surface area contributed by atoms with Crippen molar-refractivity contribution in [1.29, 1.82) is 0 Å². The van der Waals surface area contributed by atoms with Gasteiger partial charge in [0.15, 0.2) is 0 Å². The van der Waals surface area contributed by atoms with Crippen LogP contribution in [-0.2, 0) is 6.54 Å². The predicted octanol–water partition coefficient (Wildman–Crippen LogP) is 5.55. The Labute approximate surface area is 154 Å². The van der Waals surface area contributed by atoms with Gasteiger partial charge in [-0.15, -0.1) is 0 Å². The molecular formula is C19H23Cl2N3. The number of hydrogen-bond acceptors (Lipinski definition) is 2. The van der Waals surface area contributed by atoms with Crippen molar-refractivity contribution in [2.75, 3.05) is 25.5 Å². The number of aliphatic imine (C=N–C) groups is 1. The molecule has 0 atom stereocenters. The summed E-state index contributed by atoms with van der Waals surface area (Å²) in [5, 5.41) is 1.40. The van der Waals surface area contributed by atoms with E-state index in [4.69, 9.17) is 23.2 Å². The Hall–Kier alpha value is -1.71. The molecule has 5 heteroatoms. The van der Waals surface area contributed by atoms with Crippen molar-refractivity contribution in [2.24, 2.45) is 4.99 Å². The highest BCUT2D eigenvalue weighted by Gasteiger charge is 2.10. The summed E-state index contributed by atoms with van der Waals surface area (Å²) < 4.78 is 0. The Morgan fingerprint density at radius 2 is 1.75 bits per heavy atom. The van der Waals surface area contributed by atoms with Gasteiger partial charge in [-0.3, -0.25) is 0 Å². The van der Waals surface area contributed by atoms with Gasteiger partial charge < -0.3 is 9.80 Å². The molecule has 0 unspecified atom stereocenters. The topological polar surface area (TPSA) is 18.8 Å². The molecule has 0 aliphatic rings. The summed E-state index contributed by atoms with van der Waals surface area (Å²) in [6.07, 6.45) is 1.80. The molecule has 2 rings (SSSR count). The van der Waals surface area contributed by atoms with Gasteiger partial charge in [-0.05, 0) is 49.2 Å². The van der Waals surface area contributed by atoms with Gasteiger partial charge in [-0.25, -0.2) is 4.99 Å². The van der Waals surface area contributed by atoms with Crippen molar-refractivity contribution in [3.63, 3.8) is 0 Å². The van der Waals surface area contributed by atoms with E-state index in [1.165, 1.54) is 5.56 Å². The Morgan fingerprint density at radius 1 is 1.08 bits per heavy atom. The van der Waals surface area contributed by atoms with Crippen molar-refractivity contribution in [3.05, 3.63) is 57.6 Å². The number of halogens is 2. The number of rotatable bonds is 6. The van der Waals surface area contributed by atoms with E-state index >= 15 is 0 Å². The van der Waals surface area contributed by atoms with Gasteiger partial charge in [0.1, 0.15) is 0 Å². The maximum Gasteiger partial charge on any atom is 0.0910 e. The van der Waals surface area contributed by atoms with E-state index in [-0.39, 0.29) is 0 Å².